The number of hydrogen-bond acceptors (Lipinski definition) is 3. The zero-order chi connectivity index (χ0) is 13.1. The molecule has 19 heavy (non-hydrogen) atoms. The van der Waals surface area contributed by atoms with Crippen molar-refractivity contribution < 1.29 is 5.11 Å². The number of aliphatic hydroxyl groups is 1. The topological polar surface area (TPSA) is 26.7 Å². The maximum atomic E-state index is 9.68. The van der Waals surface area contributed by atoms with E-state index >= 15 is 0 Å². The van der Waals surface area contributed by atoms with Crippen molar-refractivity contribution >= 4 is 0 Å². The lowest BCUT2D eigenvalue weighted by Gasteiger charge is -2.37. The molecule has 0 aliphatic carbocycles. The molecule has 0 bridgehead atoms. The van der Waals surface area contributed by atoms with Gasteiger partial charge in [-0.2, -0.15) is 0 Å². The molecule has 1 aromatic rings. The summed E-state index contributed by atoms with van der Waals surface area (Å²) in [4.78, 5) is 5.05. The van der Waals surface area contributed by atoms with Crippen molar-refractivity contribution in [3.63, 3.8) is 0 Å². The predicted octanol–water partition coefficient (Wildman–Crippen LogP) is 1.72. The minimum absolute atomic E-state index is 0.0931. The van der Waals surface area contributed by atoms with Gasteiger partial charge < -0.3 is 5.11 Å². The van der Waals surface area contributed by atoms with Gasteiger partial charge in [-0.1, -0.05) is 30.3 Å². The maximum absolute atomic E-state index is 9.68. The Bertz CT molecular complexity index is 395. The van der Waals surface area contributed by atoms with Crippen LogP contribution in [0.2, 0.25) is 0 Å². The molecule has 0 spiro atoms. The summed E-state index contributed by atoms with van der Waals surface area (Å²) in [6.45, 7) is 5.38. The number of nitrogens with zero attached hydrogens (tertiary/aromatic N) is 2. The van der Waals surface area contributed by atoms with E-state index in [9.17, 15) is 5.11 Å². The molecule has 3 rings (SSSR count). The number of β-amino-alcohol motifs (C(OH)–C–C–N with tert-alkyl or cyclic N) is 1. The Morgan fingerprint density at radius 2 is 1.89 bits per heavy atom. The van der Waals surface area contributed by atoms with Crippen molar-refractivity contribution in [2.75, 3.05) is 26.2 Å². The van der Waals surface area contributed by atoms with E-state index in [0.29, 0.717) is 6.04 Å². The summed E-state index contributed by atoms with van der Waals surface area (Å²) < 4.78 is 0. The molecule has 1 N–H and O–H groups in total. The van der Waals surface area contributed by atoms with Gasteiger partial charge in [0.2, 0.25) is 0 Å². The van der Waals surface area contributed by atoms with Crippen molar-refractivity contribution in [3.8, 4) is 0 Å². The van der Waals surface area contributed by atoms with Crippen LogP contribution >= 0.6 is 0 Å². The highest BCUT2D eigenvalue weighted by atomic mass is 16.3. The van der Waals surface area contributed by atoms with Crippen LogP contribution < -0.4 is 0 Å². The molecule has 0 amide bonds. The third-order valence-corrected chi connectivity index (χ3v) is 4.44. The Morgan fingerprint density at radius 1 is 1.05 bits per heavy atom. The first-order valence-electron chi connectivity index (χ1n) is 7.49. The highest BCUT2D eigenvalue weighted by Crippen LogP contribution is 2.21. The quantitative estimate of drug-likeness (QED) is 0.896. The van der Waals surface area contributed by atoms with Gasteiger partial charge in [0, 0.05) is 32.2 Å². The van der Waals surface area contributed by atoms with Crippen LogP contribution in [0.15, 0.2) is 30.3 Å². The van der Waals surface area contributed by atoms with Crippen molar-refractivity contribution in [1.29, 1.82) is 0 Å². The van der Waals surface area contributed by atoms with Crippen LogP contribution in [0.3, 0.4) is 0 Å². The van der Waals surface area contributed by atoms with Crippen LogP contribution in [0.5, 0.6) is 0 Å². The second-order valence-electron chi connectivity index (χ2n) is 5.95. The highest BCUT2D eigenvalue weighted by molar-refractivity contribution is 5.14. The first kappa shape index (κ1) is 13.1. The van der Waals surface area contributed by atoms with Crippen LogP contribution in [-0.2, 0) is 6.54 Å². The molecule has 2 atom stereocenters. The number of benzene rings is 1. The average molecular weight is 260 g/mol. The summed E-state index contributed by atoms with van der Waals surface area (Å²) in [7, 11) is 0. The highest BCUT2D eigenvalue weighted by Gasteiger charge is 2.30. The molecule has 2 aliphatic rings. The van der Waals surface area contributed by atoms with Gasteiger partial charge in [0.05, 0.1) is 6.10 Å². The summed E-state index contributed by atoms with van der Waals surface area (Å²) in [6.07, 6.45) is 3.43. The SMILES string of the molecule is O[C@@H]1CCN(C2CCCN(Cc3ccccc3)C2)C1. The summed E-state index contributed by atoms with van der Waals surface area (Å²) in [5.41, 5.74) is 1.41. The molecule has 2 fully saturated rings. The minimum Gasteiger partial charge on any atom is -0.392 e. The molecule has 3 heteroatoms. The lowest BCUT2D eigenvalue weighted by atomic mass is 10.0. The maximum Gasteiger partial charge on any atom is 0.0679 e. The largest absolute Gasteiger partial charge is 0.392 e. The fourth-order valence-electron chi connectivity index (χ4n) is 3.41. The van der Waals surface area contributed by atoms with Crippen molar-refractivity contribution in [3.05, 3.63) is 35.9 Å². The Balaban J connectivity index is 1.56. The molecule has 2 heterocycles. The molecule has 3 nitrogen and oxygen atoms in total. The Morgan fingerprint density at radius 3 is 2.63 bits per heavy atom. The van der Waals surface area contributed by atoms with Gasteiger partial charge >= 0.3 is 0 Å². The third-order valence-electron chi connectivity index (χ3n) is 4.44. The van der Waals surface area contributed by atoms with Crippen LogP contribution in [0, 0.1) is 0 Å². The molecule has 2 saturated heterocycles. The molecular formula is C16H24N2O. The average Bonchev–Trinajstić information content (AvgIpc) is 2.87. The molecule has 0 saturated carbocycles. The second-order valence-corrected chi connectivity index (χ2v) is 5.95. The van der Waals surface area contributed by atoms with E-state index in [2.05, 4.69) is 40.1 Å². The van der Waals surface area contributed by atoms with Gasteiger partial charge in [0.1, 0.15) is 0 Å². The Hall–Kier alpha value is -0.900. The van der Waals surface area contributed by atoms with Gasteiger partial charge in [0.15, 0.2) is 0 Å². The number of aliphatic hydroxyl groups excluding tert-OH is 1. The van der Waals surface area contributed by atoms with Crippen molar-refractivity contribution in [2.45, 2.75) is 38.0 Å². The van der Waals surface area contributed by atoms with Gasteiger partial charge in [-0.25, -0.2) is 0 Å². The zero-order valence-electron chi connectivity index (χ0n) is 11.5. The molecule has 1 unspecified atom stereocenters. The van der Waals surface area contributed by atoms with Crippen molar-refractivity contribution in [1.82, 2.24) is 9.80 Å². The molecular weight excluding hydrogens is 236 g/mol. The zero-order valence-corrected chi connectivity index (χ0v) is 11.5. The fourth-order valence-corrected chi connectivity index (χ4v) is 3.41. The summed E-state index contributed by atoms with van der Waals surface area (Å²) in [5.74, 6) is 0. The van der Waals surface area contributed by atoms with Gasteiger partial charge in [0.25, 0.3) is 0 Å². The molecule has 0 radical (unpaired) electrons. The van der Waals surface area contributed by atoms with Crippen molar-refractivity contribution in [2.24, 2.45) is 0 Å². The lowest BCUT2D eigenvalue weighted by molar-refractivity contribution is 0.0957. The Kier molecular flexibility index (Phi) is 4.16. The number of piperidine rings is 1. The van der Waals surface area contributed by atoms with E-state index < -0.39 is 0 Å². The van der Waals surface area contributed by atoms with Crippen LogP contribution in [-0.4, -0.2) is 53.2 Å². The second kappa shape index (κ2) is 6.04. The smallest absolute Gasteiger partial charge is 0.0679 e. The van der Waals surface area contributed by atoms with E-state index in [1.807, 2.05) is 0 Å². The van der Waals surface area contributed by atoms with Crippen LogP contribution in [0.4, 0.5) is 0 Å². The summed E-state index contributed by atoms with van der Waals surface area (Å²) >= 11 is 0. The third kappa shape index (κ3) is 3.35. The summed E-state index contributed by atoms with van der Waals surface area (Å²) in [5, 5.41) is 9.68. The molecule has 104 valence electrons. The molecule has 1 aromatic carbocycles. The Labute approximate surface area is 115 Å². The standard InChI is InChI=1S/C16H24N2O/c19-16-8-10-18(13-16)15-7-4-9-17(12-15)11-14-5-2-1-3-6-14/h1-3,5-6,15-16,19H,4,7-13H2/t15?,16-/m1/s1. The van der Waals surface area contributed by atoms with Gasteiger partial charge in [-0.3, -0.25) is 9.80 Å². The normalized spacial score (nSPS) is 29.7. The molecule has 2 aliphatic heterocycles. The van der Waals surface area contributed by atoms with Gasteiger partial charge in [-0.15, -0.1) is 0 Å². The van der Waals surface area contributed by atoms with E-state index in [0.717, 1.165) is 32.6 Å². The summed E-state index contributed by atoms with van der Waals surface area (Å²) in [6, 6.07) is 11.4. The van der Waals surface area contributed by atoms with E-state index in [1.165, 1.54) is 24.9 Å². The monoisotopic (exact) mass is 260 g/mol. The van der Waals surface area contributed by atoms with Gasteiger partial charge in [-0.05, 0) is 31.4 Å². The van der Waals surface area contributed by atoms with Crippen LogP contribution in [0.25, 0.3) is 0 Å². The fraction of sp³-hybridized carbons (Fsp3) is 0.625. The minimum atomic E-state index is -0.0931. The van der Waals surface area contributed by atoms with E-state index in [1.54, 1.807) is 0 Å². The predicted molar refractivity (Wildman–Crippen MR) is 76.9 cm³/mol. The molecule has 0 aromatic heterocycles. The number of hydrogen-bond donors (Lipinski definition) is 1. The van der Waals surface area contributed by atoms with E-state index in [-0.39, 0.29) is 6.10 Å². The number of rotatable bonds is 3. The van der Waals surface area contributed by atoms with Crippen LogP contribution in [0.1, 0.15) is 24.8 Å². The van der Waals surface area contributed by atoms with E-state index in [4.69, 9.17) is 0 Å². The first-order valence-corrected chi connectivity index (χ1v) is 7.49. The first-order chi connectivity index (χ1) is 9.31. The number of likely N-dealkylation sites (tertiary alicyclic amines) is 2. The lowest BCUT2D eigenvalue weighted by Crippen LogP contribution is -2.47.